The first-order valence-corrected chi connectivity index (χ1v) is 8.17. The third-order valence-electron chi connectivity index (χ3n) is 4.50. The molecule has 138 valence electrons. The minimum Gasteiger partial charge on any atom is -0.480 e. The minimum absolute atomic E-state index is 0.0453. The van der Waals surface area contributed by atoms with Gasteiger partial charge in [-0.25, -0.2) is 4.98 Å². The molecule has 0 saturated heterocycles. The highest BCUT2D eigenvalue weighted by molar-refractivity contribution is 5.99. The molecule has 0 spiro atoms. The van der Waals surface area contributed by atoms with Crippen LogP contribution in [-0.2, 0) is 11.0 Å². The number of hydrogen-bond acceptors (Lipinski definition) is 4. The summed E-state index contributed by atoms with van der Waals surface area (Å²) >= 11 is 0. The second-order valence-corrected chi connectivity index (χ2v) is 6.24. The van der Waals surface area contributed by atoms with Crippen molar-refractivity contribution in [3.63, 3.8) is 0 Å². The second kappa shape index (κ2) is 7.84. The van der Waals surface area contributed by atoms with E-state index >= 15 is 0 Å². The van der Waals surface area contributed by atoms with Gasteiger partial charge in [0.15, 0.2) is 0 Å². The number of pyridine rings is 1. The summed E-state index contributed by atoms with van der Waals surface area (Å²) in [7, 11) is 1.15. The maximum absolute atomic E-state index is 12.9. The SMILES string of the molecule is COc1nc(C(F)(F)F)cc(C)c1C(=O)NC(C=O)C1CCCCC1. The average Bonchev–Trinajstić information content (AvgIpc) is 2.58. The van der Waals surface area contributed by atoms with Crippen LogP contribution in [0.1, 0.15) is 53.7 Å². The Morgan fingerprint density at radius 1 is 1.36 bits per heavy atom. The third-order valence-corrected chi connectivity index (χ3v) is 4.50. The molecular weight excluding hydrogens is 337 g/mol. The molecule has 1 amide bonds. The first-order chi connectivity index (χ1) is 11.8. The van der Waals surface area contributed by atoms with E-state index in [0.29, 0.717) is 6.29 Å². The largest absolute Gasteiger partial charge is 0.480 e. The van der Waals surface area contributed by atoms with Crippen LogP contribution in [0.5, 0.6) is 5.88 Å². The molecule has 8 heteroatoms. The van der Waals surface area contributed by atoms with Gasteiger partial charge in [-0.3, -0.25) is 4.79 Å². The molecule has 2 rings (SSSR count). The van der Waals surface area contributed by atoms with Gasteiger partial charge in [0.05, 0.1) is 13.2 Å². The van der Waals surface area contributed by atoms with E-state index in [2.05, 4.69) is 10.3 Å². The Labute approximate surface area is 144 Å². The summed E-state index contributed by atoms with van der Waals surface area (Å²) in [5.74, 6) is -1.01. The smallest absolute Gasteiger partial charge is 0.433 e. The molecule has 1 fully saturated rings. The molecule has 1 saturated carbocycles. The van der Waals surface area contributed by atoms with Crippen LogP contribution in [0.15, 0.2) is 6.07 Å². The molecule has 0 aromatic carbocycles. The number of carbonyl (C=O) groups excluding carboxylic acids is 2. The molecule has 5 nitrogen and oxygen atoms in total. The minimum atomic E-state index is -4.64. The Hall–Kier alpha value is -2.12. The van der Waals surface area contributed by atoms with Gasteiger partial charge in [0, 0.05) is 0 Å². The Morgan fingerprint density at radius 2 is 2.00 bits per heavy atom. The van der Waals surface area contributed by atoms with E-state index in [1.807, 2.05) is 0 Å². The number of halogens is 3. The number of methoxy groups -OCH3 is 1. The van der Waals surface area contributed by atoms with Crippen molar-refractivity contribution in [2.24, 2.45) is 5.92 Å². The predicted molar refractivity (Wildman–Crippen MR) is 84.4 cm³/mol. The maximum atomic E-state index is 12.9. The highest BCUT2D eigenvalue weighted by atomic mass is 19.4. The van der Waals surface area contributed by atoms with Crippen LogP contribution in [0.25, 0.3) is 0 Å². The van der Waals surface area contributed by atoms with Gasteiger partial charge in [0.2, 0.25) is 5.88 Å². The van der Waals surface area contributed by atoms with Gasteiger partial charge in [-0.2, -0.15) is 13.2 Å². The van der Waals surface area contributed by atoms with E-state index in [4.69, 9.17) is 4.74 Å². The Kier molecular flexibility index (Phi) is 6.02. The molecule has 25 heavy (non-hydrogen) atoms. The Morgan fingerprint density at radius 3 is 2.52 bits per heavy atom. The van der Waals surface area contributed by atoms with Crippen LogP contribution < -0.4 is 10.1 Å². The molecule has 1 atom stereocenters. The van der Waals surface area contributed by atoms with Crippen LogP contribution >= 0.6 is 0 Å². The second-order valence-electron chi connectivity index (χ2n) is 6.24. The molecule has 0 radical (unpaired) electrons. The fourth-order valence-electron chi connectivity index (χ4n) is 3.19. The number of ether oxygens (including phenoxy) is 1. The van der Waals surface area contributed by atoms with Crippen LogP contribution in [0.4, 0.5) is 13.2 Å². The fourth-order valence-corrected chi connectivity index (χ4v) is 3.19. The number of rotatable bonds is 5. The zero-order chi connectivity index (χ0) is 18.6. The summed E-state index contributed by atoms with van der Waals surface area (Å²) in [6, 6.07) is 0.132. The number of nitrogens with zero attached hydrogens (tertiary/aromatic N) is 1. The number of aldehydes is 1. The molecule has 1 N–H and O–H groups in total. The van der Waals surface area contributed by atoms with Gasteiger partial charge in [-0.05, 0) is 37.3 Å². The molecule has 1 heterocycles. The van der Waals surface area contributed by atoms with E-state index in [0.717, 1.165) is 45.3 Å². The van der Waals surface area contributed by atoms with E-state index < -0.39 is 29.7 Å². The molecule has 1 unspecified atom stereocenters. The van der Waals surface area contributed by atoms with Gasteiger partial charge >= 0.3 is 6.18 Å². The van der Waals surface area contributed by atoms with Crippen LogP contribution in [0.2, 0.25) is 0 Å². The van der Waals surface area contributed by atoms with Crippen molar-refractivity contribution < 1.29 is 27.5 Å². The summed E-state index contributed by atoms with van der Waals surface area (Å²) in [5, 5.41) is 2.62. The topological polar surface area (TPSA) is 68.3 Å². The highest BCUT2D eigenvalue weighted by Gasteiger charge is 2.35. The van der Waals surface area contributed by atoms with Gasteiger partial charge in [0.25, 0.3) is 5.91 Å². The number of hydrogen-bond donors (Lipinski definition) is 1. The first kappa shape index (κ1) is 19.2. The number of aryl methyl sites for hydroxylation is 1. The summed E-state index contributed by atoms with van der Waals surface area (Å²) in [6.07, 6.45) is 0.819. The van der Waals surface area contributed by atoms with Crippen LogP contribution in [-0.4, -0.2) is 30.3 Å². The van der Waals surface area contributed by atoms with Gasteiger partial charge < -0.3 is 14.8 Å². The number of alkyl halides is 3. The van der Waals surface area contributed by atoms with E-state index in [9.17, 15) is 22.8 Å². The maximum Gasteiger partial charge on any atom is 0.433 e. The van der Waals surface area contributed by atoms with Crippen molar-refractivity contribution in [3.05, 3.63) is 22.9 Å². The number of amides is 1. The normalized spacial score (nSPS) is 17.0. The van der Waals surface area contributed by atoms with Crippen molar-refractivity contribution >= 4 is 12.2 Å². The van der Waals surface area contributed by atoms with E-state index in [-0.39, 0.29) is 17.0 Å². The summed E-state index contributed by atoms with van der Waals surface area (Å²) in [4.78, 5) is 27.3. The molecule has 1 aromatic heterocycles. The quantitative estimate of drug-likeness (QED) is 0.820. The predicted octanol–water partition coefficient (Wildman–Crippen LogP) is 3.30. The standard InChI is InChI=1S/C17H21F3N2O3/c1-10-8-13(17(18,19)20)22-16(25-2)14(10)15(24)21-12(9-23)11-6-4-3-5-7-11/h8-9,11-12H,3-7H2,1-2H3,(H,21,24). The summed E-state index contributed by atoms with van der Waals surface area (Å²) in [6.45, 7) is 1.38. The molecule has 1 aliphatic rings. The monoisotopic (exact) mass is 358 g/mol. The van der Waals surface area contributed by atoms with Gasteiger partial charge in [-0.15, -0.1) is 0 Å². The Bertz CT molecular complexity index is 641. The Balaban J connectivity index is 2.27. The van der Waals surface area contributed by atoms with Gasteiger partial charge in [-0.1, -0.05) is 19.3 Å². The summed E-state index contributed by atoms with van der Waals surface area (Å²) in [5.41, 5.74) is -1.12. The molecule has 1 aromatic rings. The lowest BCUT2D eigenvalue weighted by Crippen LogP contribution is -2.42. The van der Waals surface area contributed by atoms with E-state index in [1.165, 1.54) is 6.92 Å². The van der Waals surface area contributed by atoms with Crippen molar-refractivity contribution in [3.8, 4) is 5.88 Å². The fraction of sp³-hybridized carbons (Fsp3) is 0.588. The molecule has 0 aliphatic heterocycles. The number of nitrogens with one attached hydrogen (secondary N) is 1. The zero-order valence-corrected chi connectivity index (χ0v) is 14.2. The third kappa shape index (κ3) is 4.49. The summed E-state index contributed by atoms with van der Waals surface area (Å²) < 4.78 is 43.5. The zero-order valence-electron chi connectivity index (χ0n) is 14.2. The highest BCUT2D eigenvalue weighted by Crippen LogP contribution is 2.32. The van der Waals surface area contributed by atoms with Crippen molar-refractivity contribution in [1.82, 2.24) is 10.3 Å². The first-order valence-electron chi connectivity index (χ1n) is 8.17. The lowest BCUT2D eigenvalue weighted by Gasteiger charge is -2.27. The van der Waals surface area contributed by atoms with Gasteiger partial charge in [0.1, 0.15) is 17.5 Å². The van der Waals surface area contributed by atoms with Crippen molar-refractivity contribution in [1.29, 1.82) is 0 Å². The molecule has 1 aliphatic carbocycles. The van der Waals surface area contributed by atoms with E-state index in [1.54, 1.807) is 0 Å². The van der Waals surface area contributed by atoms with Crippen LogP contribution in [0, 0.1) is 12.8 Å². The van der Waals surface area contributed by atoms with Crippen molar-refractivity contribution in [2.75, 3.05) is 7.11 Å². The number of aromatic nitrogens is 1. The lowest BCUT2D eigenvalue weighted by atomic mass is 9.84. The molecule has 0 bridgehead atoms. The van der Waals surface area contributed by atoms with Crippen LogP contribution in [0.3, 0.4) is 0 Å². The molecular formula is C17H21F3N2O3. The number of carbonyl (C=O) groups is 2. The van der Waals surface area contributed by atoms with Crippen molar-refractivity contribution in [2.45, 2.75) is 51.2 Å². The lowest BCUT2D eigenvalue weighted by molar-refractivity contribution is -0.141. The average molecular weight is 358 g/mol.